The van der Waals surface area contributed by atoms with Gasteiger partial charge in [0.25, 0.3) is 0 Å². The van der Waals surface area contributed by atoms with E-state index in [9.17, 15) is 10.1 Å². The number of ether oxygens (including phenoxy) is 1. The van der Waals surface area contributed by atoms with Crippen LogP contribution in [0, 0.1) is 32.1 Å². The maximum atomic E-state index is 12.9. The molecule has 0 radical (unpaired) electrons. The summed E-state index contributed by atoms with van der Waals surface area (Å²) in [7, 11) is 3.45. The first-order chi connectivity index (χ1) is 16.3. The van der Waals surface area contributed by atoms with E-state index in [4.69, 9.17) is 9.15 Å². The Kier molecular flexibility index (Phi) is 6.47. The number of nitrogens with one attached hydrogen (secondary N) is 1. The zero-order valence-corrected chi connectivity index (χ0v) is 20.4. The number of anilines is 1. The molecular formula is C24H24N6O3S. The molecule has 0 bridgehead atoms. The van der Waals surface area contributed by atoms with E-state index in [0.717, 1.165) is 34.0 Å². The Morgan fingerprint density at radius 2 is 1.94 bits per heavy atom. The number of hydrogen-bond donors (Lipinski definition) is 1. The zero-order valence-electron chi connectivity index (χ0n) is 19.5. The molecule has 0 saturated carbocycles. The quantitative estimate of drug-likeness (QED) is 0.394. The van der Waals surface area contributed by atoms with Gasteiger partial charge >= 0.3 is 0 Å². The molecule has 1 aromatic carbocycles. The number of furan rings is 1. The predicted octanol–water partition coefficient (Wildman–Crippen LogP) is 4.40. The number of benzene rings is 1. The fourth-order valence-electron chi connectivity index (χ4n) is 3.71. The molecule has 1 amide bonds. The van der Waals surface area contributed by atoms with E-state index >= 15 is 0 Å². The smallest absolute Gasteiger partial charge is 0.236 e. The Bertz CT molecular complexity index is 1390. The minimum atomic E-state index is -0.252. The summed E-state index contributed by atoms with van der Waals surface area (Å²) in [5, 5.41) is 21.7. The summed E-state index contributed by atoms with van der Waals surface area (Å²) in [4.78, 5) is 12.9. The van der Waals surface area contributed by atoms with Crippen molar-refractivity contribution in [2.24, 2.45) is 7.05 Å². The first-order valence-electron chi connectivity index (χ1n) is 10.5. The largest absolute Gasteiger partial charge is 0.497 e. The van der Waals surface area contributed by atoms with E-state index in [2.05, 4.69) is 21.6 Å². The van der Waals surface area contributed by atoms with Crippen LogP contribution in [0.15, 0.2) is 46.2 Å². The molecule has 34 heavy (non-hydrogen) atoms. The second kappa shape index (κ2) is 9.49. The van der Waals surface area contributed by atoms with E-state index in [1.165, 1.54) is 11.8 Å². The molecule has 9 nitrogen and oxygen atoms in total. The van der Waals surface area contributed by atoms with Gasteiger partial charge in [0.15, 0.2) is 11.0 Å². The fraction of sp³-hybridized carbons (Fsp3) is 0.250. The number of nitrogens with zero attached hydrogens (tertiary/aromatic N) is 5. The van der Waals surface area contributed by atoms with E-state index in [1.807, 2.05) is 67.3 Å². The van der Waals surface area contributed by atoms with Gasteiger partial charge in [-0.05, 0) is 56.7 Å². The summed E-state index contributed by atoms with van der Waals surface area (Å²) in [5.41, 5.74) is 3.79. The summed E-state index contributed by atoms with van der Waals surface area (Å²) in [6.07, 6.45) is 1.61. The molecule has 0 spiro atoms. The second-order valence-corrected chi connectivity index (χ2v) is 8.61. The molecule has 4 rings (SSSR count). The summed E-state index contributed by atoms with van der Waals surface area (Å²) < 4.78 is 14.3. The molecule has 0 fully saturated rings. The third kappa shape index (κ3) is 4.18. The number of carbonyl (C=O) groups is 1. The molecular weight excluding hydrogens is 452 g/mol. The van der Waals surface area contributed by atoms with Gasteiger partial charge in [-0.2, -0.15) is 5.26 Å². The number of carbonyl (C=O) groups excluding carboxylic acids is 1. The minimum Gasteiger partial charge on any atom is -0.497 e. The molecule has 3 aromatic heterocycles. The average molecular weight is 477 g/mol. The number of aryl methyl sites for hydroxylation is 1. The average Bonchev–Trinajstić information content (AvgIpc) is 3.48. The van der Waals surface area contributed by atoms with E-state index < -0.39 is 0 Å². The van der Waals surface area contributed by atoms with Crippen LogP contribution in [0.5, 0.6) is 5.75 Å². The van der Waals surface area contributed by atoms with Crippen LogP contribution >= 0.6 is 11.8 Å². The van der Waals surface area contributed by atoms with Gasteiger partial charge in [-0.1, -0.05) is 11.8 Å². The normalized spacial score (nSPS) is 10.8. The highest BCUT2D eigenvalue weighted by atomic mass is 32.2. The number of amides is 1. The summed E-state index contributed by atoms with van der Waals surface area (Å²) >= 11 is 1.27. The SMILES string of the molecule is COc1ccc(-n2c(C)c(C)c(C#N)c2NC(=O)CSc2nnc(-c3ccoc3C)n2C)cc1. The van der Waals surface area contributed by atoms with Crippen molar-refractivity contribution in [1.29, 1.82) is 5.26 Å². The van der Waals surface area contributed by atoms with Gasteiger partial charge in [0.2, 0.25) is 5.91 Å². The second-order valence-electron chi connectivity index (χ2n) is 7.67. The highest BCUT2D eigenvalue weighted by Crippen LogP contribution is 2.31. The highest BCUT2D eigenvalue weighted by molar-refractivity contribution is 7.99. The lowest BCUT2D eigenvalue weighted by Gasteiger charge is -2.13. The van der Waals surface area contributed by atoms with Crippen LogP contribution in [-0.4, -0.2) is 38.1 Å². The van der Waals surface area contributed by atoms with Crippen molar-refractivity contribution in [1.82, 2.24) is 19.3 Å². The molecule has 174 valence electrons. The molecule has 0 aliphatic rings. The van der Waals surface area contributed by atoms with Crippen LogP contribution < -0.4 is 10.1 Å². The first-order valence-corrected chi connectivity index (χ1v) is 11.5. The van der Waals surface area contributed by atoms with E-state index in [-0.39, 0.29) is 11.7 Å². The Hall–Kier alpha value is -3.97. The number of hydrogen-bond acceptors (Lipinski definition) is 7. The van der Waals surface area contributed by atoms with Crippen LogP contribution in [0.2, 0.25) is 0 Å². The predicted molar refractivity (Wildman–Crippen MR) is 129 cm³/mol. The van der Waals surface area contributed by atoms with Crippen LogP contribution in [0.3, 0.4) is 0 Å². The maximum Gasteiger partial charge on any atom is 0.236 e. The topological polar surface area (TPSA) is 111 Å². The van der Waals surface area contributed by atoms with Crippen LogP contribution in [-0.2, 0) is 11.8 Å². The van der Waals surface area contributed by atoms with Crippen molar-refractivity contribution in [2.75, 3.05) is 18.2 Å². The third-order valence-electron chi connectivity index (χ3n) is 5.68. The summed E-state index contributed by atoms with van der Waals surface area (Å²) in [6.45, 7) is 5.65. The molecule has 0 aliphatic carbocycles. The summed E-state index contributed by atoms with van der Waals surface area (Å²) in [6, 6.07) is 11.5. The Labute approximate surface area is 201 Å². The maximum absolute atomic E-state index is 12.9. The van der Waals surface area contributed by atoms with Gasteiger partial charge in [-0.15, -0.1) is 10.2 Å². The molecule has 4 aromatic rings. The molecule has 0 atom stereocenters. The first kappa shape index (κ1) is 23.2. The van der Waals surface area contributed by atoms with Crippen molar-refractivity contribution < 1.29 is 13.9 Å². The standard InChI is InChI=1S/C24H24N6O3S/c1-14-15(2)30(17-6-8-18(32-5)9-7-17)22(20(14)12-25)26-21(31)13-34-24-28-27-23(29(24)4)19-10-11-33-16(19)3/h6-11H,13H2,1-5H3,(H,26,31). The van der Waals surface area contributed by atoms with Crippen molar-refractivity contribution >= 4 is 23.5 Å². The zero-order chi connectivity index (χ0) is 24.4. The third-order valence-corrected chi connectivity index (χ3v) is 6.70. The fourth-order valence-corrected chi connectivity index (χ4v) is 4.42. The molecule has 0 unspecified atom stereocenters. The number of thioether (sulfide) groups is 1. The van der Waals surface area contributed by atoms with Crippen molar-refractivity contribution in [3.8, 4) is 28.9 Å². The lowest BCUT2D eigenvalue weighted by atomic mass is 10.2. The van der Waals surface area contributed by atoms with Gasteiger partial charge < -0.3 is 19.0 Å². The van der Waals surface area contributed by atoms with Crippen molar-refractivity contribution in [3.63, 3.8) is 0 Å². The molecule has 0 saturated heterocycles. The number of rotatable bonds is 7. The lowest BCUT2D eigenvalue weighted by Crippen LogP contribution is -2.18. The van der Waals surface area contributed by atoms with Crippen molar-refractivity contribution in [3.05, 3.63) is 59.2 Å². The van der Waals surface area contributed by atoms with Crippen LogP contribution in [0.25, 0.3) is 17.1 Å². The number of nitriles is 1. The van der Waals surface area contributed by atoms with Gasteiger partial charge in [0.05, 0.1) is 30.3 Å². The van der Waals surface area contributed by atoms with E-state index in [1.54, 1.807) is 13.4 Å². The molecule has 1 N–H and O–H groups in total. The monoisotopic (exact) mass is 476 g/mol. The minimum absolute atomic E-state index is 0.104. The van der Waals surface area contributed by atoms with Crippen molar-refractivity contribution in [2.45, 2.75) is 25.9 Å². The Morgan fingerprint density at radius 1 is 1.21 bits per heavy atom. The van der Waals surface area contributed by atoms with Gasteiger partial charge in [-0.3, -0.25) is 9.36 Å². The number of aromatic nitrogens is 4. The molecule has 3 heterocycles. The number of methoxy groups -OCH3 is 1. The highest BCUT2D eigenvalue weighted by Gasteiger charge is 2.22. The van der Waals surface area contributed by atoms with Crippen LogP contribution in [0.4, 0.5) is 5.82 Å². The molecule has 0 aliphatic heterocycles. The van der Waals surface area contributed by atoms with Gasteiger partial charge in [0.1, 0.15) is 23.4 Å². The Morgan fingerprint density at radius 3 is 2.56 bits per heavy atom. The Balaban J connectivity index is 1.56. The van der Waals surface area contributed by atoms with Gasteiger partial charge in [0, 0.05) is 18.4 Å². The van der Waals surface area contributed by atoms with Gasteiger partial charge in [-0.25, -0.2) is 0 Å². The molecule has 10 heteroatoms. The van der Waals surface area contributed by atoms with E-state index in [0.29, 0.717) is 22.4 Å². The van der Waals surface area contributed by atoms with Crippen LogP contribution in [0.1, 0.15) is 22.6 Å². The summed E-state index contributed by atoms with van der Waals surface area (Å²) in [5.74, 6) is 2.44. The lowest BCUT2D eigenvalue weighted by molar-refractivity contribution is -0.113.